The smallest absolute Gasteiger partial charge is 0.235 e. The molecule has 0 aromatic heterocycles. The van der Waals surface area contributed by atoms with Crippen molar-refractivity contribution in [1.82, 2.24) is 21.1 Å². The Labute approximate surface area is 149 Å². The van der Waals surface area contributed by atoms with Gasteiger partial charge < -0.3 is 5.32 Å². The molecule has 2 aliphatic heterocycles. The van der Waals surface area contributed by atoms with Crippen LogP contribution in [0.3, 0.4) is 0 Å². The van der Waals surface area contributed by atoms with Crippen molar-refractivity contribution in [3.63, 3.8) is 0 Å². The molecule has 3 N–H and O–H groups in total. The Morgan fingerprint density at radius 1 is 1.32 bits per heavy atom. The summed E-state index contributed by atoms with van der Waals surface area (Å²) in [7, 11) is 0. The first-order valence-electron chi connectivity index (χ1n) is 9.12. The van der Waals surface area contributed by atoms with Crippen LogP contribution in [-0.4, -0.2) is 42.4 Å². The number of carbonyl (C=O) groups excluding carboxylic acids is 2. The zero-order valence-corrected chi connectivity index (χ0v) is 15.1. The number of benzene rings is 1. The summed E-state index contributed by atoms with van der Waals surface area (Å²) < 4.78 is 0. The van der Waals surface area contributed by atoms with Crippen LogP contribution in [0.2, 0.25) is 0 Å². The van der Waals surface area contributed by atoms with Gasteiger partial charge in [-0.15, -0.1) is 0 Å². The van der Waals surface area contributed by atoms with Crippen LogP contribution in [-0.2, 0) is 16.1 Å². The van der Waals surface area contributed by atoms with Gasteiger partial charge in [-0.2, -0.15) is 0 Å². The average molecular weight is 344 g/mol. The first kappa shape index (κ1) is 17.9. The van der Waals surface area contributed by atoms with Crippen LogP contribution in [0, 0.1) is 19.8 Å². The molecule has 0 radical (unpaired) electrons. The first-order chi connectivity index (χ1) is 12.0. The molecule has 2 amide bonds. The number of hydrogen-bond acceptors (Lipinski definition) is 4. The van der Waals surface area contributed by atoms with E-state index < -0.39 is 0 Å². The van der Waals surface area contributed by atoms with E-state index in [1.54, 1.807) is 0 Å². The van der Waals surface area contributed by atoms with E-state index in [0.717, 1.165) is 38.0 Å². The zero-order chi connectivity index (χ0) is 17.8. The predicted octanol–water partition coefficient (Wildman–Crippen LogP) is 1.02. The lowest BCUT2D eigenvalue weighted by Crippen LogP contribution is -2.57. The number of carbonyl (C=O) groups is 2. The van der Waals surface area contributed by atoms with E-state index in [4.69, 9.17) is 0 Å². The largest absolute Gasteiger partial charge is 0.352 e. The Hall–Kier alpha value is -1.92. The molecule has 2 atom stereocenters. The van der Waals surface area contributed by atoms with Gasteiger partial charge >= 0.3 is 0 Å². The van der Waals surface area contributed by atoms with Gasteiger partial charge in [0.05, 0.1) is 5.92 Å². The van der Waals surface area contributed by atoms with E-state index in [0.29, 0.717) is 13.0 Å². The summed E-state index contributed by atoms with van der Waals surface area (Å²) in [4.78, 5) is 26.4. The molecule has 2 aliphatic rings. The number of likely N-dealkylation sites (tertiary alicyclic amines) is 1. The molecule has 2 fully saturated rings. The molecule has 0 spiro atoms. The number of amides is 2. The Kier molecular flexibility index (Phi) is 5.71. The maximum absolute atomic E-state index is 12.6. The zero-order valence-electron chi connectivity index (χ0n) is 15.1. The van der Waals surface area contributed by atoms with Crippen molar-refractivity contribution in [3.8, 4) is 0 Å². The Bertz CT molecular complexity index is 646. The van der Waals surface area contributed by atoms with E-state index in [1.165, 1.54) is 11.1 Å². The number of aryl methyl sites for hydroxylation is 2. The van der Waals surface area contributed by atoms with Crippen molar-refractivity contribution in [3.05, 3.63) is 34.9 Å². The van der Waals surface area contributed by atoms with E-state index in [1.807, 2.05) is 0 Å². The highest BCUT2D eigenvalue weighted by Gasteiger charge is 2.32. The van der Waals surface area contributed by atoms with Crippen molar-refractivity contribution in [2.45, 2.75) is 45.7 Å². The lowest BCUT2D eigenvalue weighted by atomic mass is 9.94. The molecular formula is C19H28N4O2. The summed E-state index contributed by atoms with van der Waals surface area (Å²) >= 11 is 0. The van der Waals surface area contributed by atoms with Gasteiger partial charge in [-0.3, -0.25) is 19.9 Å². The van der Waals surface area contributed by atoms with E-state index in [-0.39, 0.29) is 23.8 Å². The summed E-state index contributed by atoms with van der Waals surface area (Å²) in [6, 6.07) is 6.49. The molecular weight excluding hydrogens is 316 g/mol. The van der Waals surface area contributed by atoms with Gasteiger partial charge in [0.15, 0.2) is 0 Å². The van der Waals surface area contributed by atoms with Crippen LogP contribution in [0.25, 0.3) is 0 Å². The van der Waals surface area contributed by atoms with Gasteiger partial charge in [0, 0.05) is 32.1 Å². The van der Waals surface area contributed by atoms with Crippen molar-refractivity contribution < 1.29 is 9.59 Å². The fraction of sp³-hybridized carbons (Fsp3) is 0.579. The normalized spacial score (nSPS) is 24.6. The van der Waals surface area contributed by atoms with Crippen molar-refractivity contribution in [1.29, 1.82) is 0 Å². The quantitative estimate of drug-likeness (QED) is 0.763. The summed E-state index contributed by atoms with van der Waals surface area (Å²) in [5, 5.41) is 3.09. The molecule has 2 unspecified atom stereocenters. The van der Waals surface area contributed by atoms with Crippen molar-refractivity contribution in [2.24, 2.45) is 5.92 Å². The minimum absolute atomic E-state index is 0.00489. The Morgan fingerprint density at radius 2 is 2.16 bits per heavy atom. The Balaban J connectivity index is 1.52. The summed E-state index contributed by atoms with van der Waals surface area (Å²) in [5.74, 6) is 0.152. The lowest BCUT2D eigenvalue weighted by Gasteiger charge is -2.39. The number of nitrogens with one attached hydrogen (secondary N) is 3. The minimum atomic E-state index is 0.00489. The van der Waals surface area contributed by atoms with Crippen LogP contribution in [0.5, 0.6) is 0 Å². The summed E-state index contributed by atoms with van der Waals surface area (Å²) in [6.07, 6.45) is 2.42. The molecule has 0 saturated carbocycles. The van der Waals surface area contributed by atoms with Crippen LogP contribution in [0.4, 0.5) is 0 Å². The second kappa shape index (κ2) is 7.97. The number of rotatable bonds is 4. The second-order valence-electron chi connectivity index (χ2n) is 7.26. The second-order valence-corrected chi connectivity index (χ2v) is 7.26. The van der Waals surface area contributed by atoms with Crippen LogP contribution < -0.4 is 16.2 Å². The van der Waals surface area contributed by atoms with E-state index >= 15 is 0 Å². The van der Waals surface area contributed by atoms with Crippen molar-refractivity contribution >= 4 is 11.8 Å². The van der Waals surface area contributed by atoms with Crippen LogP contribution in [0.1, 0.15) is 36.0 Å². The third-order valence-corrected chi connectivity index (χ3v) is 5.36. The van der Waals surface area contributed by atoms with E-state index in [9.17, 15) is 9.59 Å². The number of piperidine rings is 1. The maximum Gasteiger partial charge on any atom is 0.235 e. The van der Waals surface area contributed by atoms with Gasteiger partial charge in [-0.25, -0.2) is 5.43 Å². The lowest BCUT2D eigenvalue weighted by molar-refractivity contribution is -0.128. The van der Waals surface area contributed by atoms with E-state index in [2.05, 4.69) is 53.1 Å². The van der Waals surface area contributed by atoms with Gasteiger partial charge in [-0.1, -0.05) is 18.2 Å². The predicted molar refractivity (Wildman–Crippen MR) is 96.6 cm³/mol. The third-order valence-electron chi connectivity index (χ3n) is 5.36. The molecule has 25 heavy (non-hydrogen) atoms. The van der Waals surface area contributed by atoms with Gasteiger partial charge in [0.1, 0.15) is 0 Å². The molecule has 6 heteroatoms. The highest BCUT2D eigenvalue weighted by atomic mass is 16.2. The molecule has 6 nitrogen and oxygen atoms in total. The Morgan fingerprint density at radius 3 is 2.92 bits per heavy atom. The summed E-state index contributed by atoms with van der Waals surface area (Å²) in [5.41, 5.74) is 9.23. The van der Waals surface area contributed by atoms with Crippen LogP contribution in [0.15, 0.2) is 18.2 Å². The maximum atomic E-state index is 12.6. The van der Waals surface area contributed by atoms with Crippen LogP contribution >= 0.6 is 0 Å². The fourth-order valence-corrected chi connectivity index (χ4v) is 3.66. The molecule has 1 aromatic carbocycles. The fourth-order valence-electron chi connectivity index (χ4n) is 3.66. The van der Waals surface area contributed by atoms with Gasteiger partial charge in [-0.05, 0) is 49.9 Å². The molecule has 3 rings (SSSR count). The monoisotopic (exact) mass is 344 g/mol. The highest BCUT2D eigenvalue weighted by Crippen LogP contribution is 2.21. The average Bonchev–Trinajstić information content (AvgIpc) is 2.62. The molecule has 0 aliphatic carbocycles. The van der Waals surface area contributed by atoms with Crippen molar-refractivity contribution in [2.75, 3.05) is 19.6 Å². The molecule has 0 bridgehead atoms. The number of nitrogens with zero attached hydrogens (tertiary/aromatic N) is 1. The molecule has 2 heterocycles. The third kappa shape index (κ3) is 4.58. The standard InChI is InChI=1S/C19H28N4O2/c1-13-5-6-15(8-14(13)2)10-20-19(25)16-4-3-7-23(12-16)17-9-18(24)22-21-11-17/h5-6,8,16-17,21H,3-4,7,9-12H2,1-2H3,(H,20,25)(H,22,24). The molecule has 136 valence electrons. The SMILES string of the molecule is Cc1ccc(CNC(=O)C2CCCN(C3CNNC(=O)C3)C2)cc1C. The van der Waals surface area contributed by atoms with Gasteiger partial charge in [0.2, 0.25) is 11.8 Å². The number of hydrazine groups is 1. The summed E-state index contributed by atoms with van der Waals surface area (Å²) in [6.45, 7) is 7.19. The minimum Gasteiger partial charge on any atom is -0.352 e. The number of hydrogen-bond donors (Lipinski definition) is 3. The highest BCUT2D eigenvalue weighted by molar-refractivity contribution is 5.79. The first-order valence-corrected chi connectivity index (χ1v) is 9.12. The molecule has 1 aromatic rings. The van der Waals surface area contributed by atoms with Gasteiger partial charge in [0.25, 0.3) is 0 Å². The molecule has 2 saturated heterocycles. The topological polar surface area (TPSA) is 73.5 Å².